The van der Waals surface area contributed by atoms with Gasteiger partial charge < -0.3 is 35.4 Å². The number of hydrogen-bond acceptors (Lipinski definition) is 2. The Kier molecular flexibility index (Phi) is 202. The van der Waals surface area contributed by atoms with E-state index in [9.17, 15) is 0 Å². The molecule has 0 saturated heterocycles. The molecule has 5 heteroatoms. The van der Waals surface area contributed by atoms with Crippen molar-refractivity contribution in [2.75, 3.05) is 28.2 Å². The van der Waals surface area contributed by atoms with Gasteiger partial charge in [-0.05, 0) is 28.2 Å². The molecule has 0 aliphatic rings. The molecule has 0 bridgehead atoms. The first-order valence-corrected chi connectivity index (χ1v) is 2.00. The van der Waals surface area contributed by atoms with Crippen LogP contribution in [-0.2, 0) is 26.2 Å². The van der Waals surface area contributed by atoms with Gasteiger partial charge in [0.1, 0.15) is 0 Å². The molecular formula is C4H14Cl2N2Zr. The number of rotatable bonds is 0. The molecule has 0 heterocycles. The monoisotopic (exact) mass is 250 g/mol. The quantitative estimate of drug-likeness (QED) is 0.448. The van der Waals surface area contributed by atoms with Crippen LogP contribution in [0.2, 0.25) is 0 Å². The van der Waals surface area contributed by atoms with Crippen LogP contribution in [0.5, 0.6) is 0 Å². The van der Waals surface area contributed by atoms with Crippen molar-refractivity contribution in [2.45, 2.75) is 0 Å². The Hall–Kier alpha value is 1.38. The summed E-state index contributed by atoms with van der Waals surface area (Å²) in [6, 6.07) is 0. The summed E-state index contributed by atoms with van der Waals surface area (Å²) in [6.45, 7) is 0. The molecular weight excluding hydrogens is 238 g/mol. The minimum absolute atomic E-state index is 0. The Labute approximate surface area is 89.5 Å². The van der Waals surface area contributed by atoms with Crippen molar-refractivity contribution >= 4 is 0 Å². The van der Waals surface area contributed by atoms with E-state index in [1.54, 1.807) is 0 Å². The summed E-state index contributed by atoms with van der Waals surface area (Å²) in [4.78, 5) is 0. The first kappa shape index (κ1) is 31.5. The summed E-state index contributed by atoms with van der Waals surface area (Å²) in [6.07, 6.45) is 0. The van der Waals surface area contributed by atoms with Gasteiger partial charge in [-0.15, -0.1) is 0 Å². The molecule has 0 aromatic heterocycles. The van der Waals surface area contributed by atoms with Crippen LogP contribution in [0, 0.1) is 0 Å². The van der Waals surface area contributed by atoms with Crippen LogP contribution in [-0.4, -0.2) is 28.2 Å². The first-order valence-electron chi connectivity index (χ1n) is 2.00. The summed E-state index contributed by atoms with van der Waals surface area (Å²) < 4.78 is 0. The first-order chi connectivity index (χ1) is 2.83. The molecule has 0 fully saturated rings. The zero-order valence-electron chi connectivity index (χ0n) is 6.26. The Balaban J connectivity index is -0.00000000889. The van der Waals surface area contributed by atoms with E-state index in [0.717, 1.165) is 0 Å². The second-order valence-electron chi connectivity index (χ2n) is 1.00. The molecule has 0 amide bonds. The van der Waals surface area contributed by atoms with E-state index in [2.05, 4.69) is 10.6 Å². The average Bonchev–Trinajstić information content (AvgIpc) is 1.39. The Morgan fingerprint density at radius 3 is 0.667 bits per heavy atom. The van der Waals surface area contributed by atoms with Crippen LogP contribution < -0.4 is 35.4 Å². The third-order valence-corrected chi connectivity index (χ3v) is 0. The van der Waals surface area contributed by atoms with E-state index in [4.69, 9.17) is 0 Å². The second kappa shape index (κ2) is 57.6. The van der Waals surface area contributed by atoms with Gasteiger partial charge in [-0.2, -0.15) is 0 Å². The Bertz CT molecular complexity index is 18.5. The van der Waals surface area contributed by atoms with Gasteiger partial charge in [0.2, 0.25) is 0 Å². The van der Waals surface area contributed by atoms with Crippen LogP contribution >= 0.6 is 0 Å². The molecule has 0 rings (SSSR count). The summed E-state index contributed by atoms with van der Waals surface area (Å²) in [7, 11) is 7.50. The number of halogens is 2. The van der Waals surface area contributed by atoms with Gasteiger partial charge in [-0.25, -0.2) is 0 Å². The fourth-order valence-corrected chi connectivity index (χ4v) is 0. The van der Waals surface area contributed by atoms with Crippen LogP contribution in [0.1, 0.15) is 0 Å². The van der Waals surface area contributed by atoms with E-state index in [1.807, 2.05) is 28.2 Å². The number of nitrogens with one attached hydrogen (secondary N) is 2. The molecule has 58 valence electrons. The van der Waals surface area contributed by atoms with E-state index < -0.39 is 0 Å². The van der Waals surface area contributed by atoms with E-state index in [1.165, 1.54) is 0 Å². The molecule has 0 atom stereocenters. The zero-order valence-corrected chi connectivity index (χ0v) is 10.2. The fraction of sp³-hybridized carbons (Fsp3) is 1.00. The van der Waals surface area contributed by atoms with Crippen LogP contribution in [0.3, 0.4) is 0 Å². The Morgan fingerprint density at radius 1 is 0.667 bits per heavy atom. The van der Waals surface area contributed by atoms with Crippen molar-refractivity contribution in [3.63, 3.8) is 0 Å². The van der Waals surface area contributed by atoms with Gasteiger partial charge in [-0.1, -0.05) is 0 Å². The summed E-state index contributed by atoms with van der Waals surface area (Å²) >= 11 is 0. The summed E-state index contributed by atoms with van der Waals surface area (Å²) in [5, 5.41) is 5.50. The molecule has 2 N–H and O–H groups in total. The van der Waals surface area contributed by atoms with Crippen LogP contribution in [0.25, 0.3) is 0 Å². The van der Waals surface area contributed by atoms with Gasteiger partial charge in [0, 0.05) is 0 Å². The van der Waals surface area contributed by atoms with E-state index in [0.29, 0.717) is 0 Å². The predicted octanol–water partition coefficient (Wildman–Crippen LogP) is -6.32. The minimum Gasteiger partial charge on any atom is -1.00 e. The minimum atomic E-state index is 0. The molecule has 2 nitrogen and oxygen atoms in total. The van der Waals surface area contributed by atoms with E-state index in [-0.39, 0.29) is 51.0 Å². The van der Waals surface area contributed by atoms with Gasteiger partial charge in [0.05, 0.1) is 0 Å². The molecule has 0 aromatic rings. The summed E-state index contributed by atoms with van der Waals surface area (Å²) in [5.74, 6) is 0. The maximum atomic E-state index is 2.75. The van der Waals surface area contributed by atoms with Crippen LogP contribution in [0.4, 0.5) is 0 Å². The van der Waals surface area contributed by atoms with Gasteiger partial charge in [-0.3, -0.25) is 0 Å². The van der Waals surface area contributed by atoms with Crippen molar-refractivity contribution in [1.29, 1.82) is 0 Å². The largest absolute Gasteiger partial charge is 2.00 e. The SMILES string of the molecule is CNC.CNC.[Cl-].[Cl-].[Zr+2]. The molecule has 0 spiro atoms. The molecule has 0 aromatic carbocycles. The third kappa shape index (κ3) is 267. The summed E-state index contributed by atoms with van der Waals surface area (Å²) in [5.41, 5.74) is 0. The standard InChI is InChI=1S/2C2H7N.2ClH.Zr/c2*1-3-2;;;/h2*3H,1-2H3;2*1H;/q;;;;+2/p-2. The van der Waals surface area contributed by atoms with Crippen LogP contribution in [0.15, 0.2) is 0 Å². The molecule has 9 heavy (non-hydrogen) atoms. The topological polar surface area (TPSA) is 24.1 Å². The zero-order chi connectivity index (χ0) is 5.41. The predicted molar refractivity (Wildman–Crippen MR) is 30.0 cm³/mol. The molecule has 0 saturated carbocycles. The van der Waals surface area contributed by atoms with Crippen molar-refractivity contribution in [1.82, 2.24) is 10.6 Å². The maximum absolute atomic E-state index is 2.75. The van der Waals surface area contributed by atoms with Crippen molar-refractivity contribution in [3.05, 3.63) is 0 Å². The second-order valence-corrected chi connectivity index (χ2v) is 1.00. The van der Waals surface area contributed by atoms with Crippen molar-refractivity contribution in [3.8, 4) is 0 Å². The molecule has 0 aliphatic carbocycles. The third-order valence-electron chi connectivity index (χ3n) is 0. The smallest absolute Gasteiger partial charge is 1.00 e. The van der Waals surface area contributed by atoms with E-state index >= 15 is 0 Å². The maximum Gasteiger partial charge on any atom is 2.00 e. The van der Waals surface area contributed by atoms with Gasteiger partial charge >= 0.3 is 26.2 Å². The average molecular weight is 252 g/mol. The van der Waals surface area contributed by atoms with Crippen molar-refractivity contribution in [2.24, 2.45) is 0 Å². The van der Waals surface area contributed by atoms with Gasteiger partial charge in [0.25, 0.3) is 0 Å². The molecule has 0 radical (unpaired) electrons. The normalized spacial score (nSPS) is 4.00. The molecule has 0 aliphatic heterocycles. The van der Waals surface area contributed by atoms with Crippen molar-refractivity contribution < 1.29 is 51.0 Å². The van der Waals surface area contributed by atoms with Gasteiger partial charge in [0.15, 0.2) is 0 Å². The Morgan fingerprint density at radius 2 is 0.667 bits per heavy atom. The molecule has 0 unspecified atom stereocenters. The fourth-order valence-electron chi connectivity index (χ4n) is 0. The number of hydrogen-bond donors (Lipinski definition) is 2.